The molecule has 154 valence electrons. The Bertz CT molecular complexity index is 1040. The van der Waals surface area contributed by atoms with E-state index in [0.717, 1.165) is 37.1 Å². The van der Waals surface area contributed by atoms with Gasteiger partial charge in [-0.05, 0) is 36.4 Å². The number of carbonyl (C=O) groups excluding carboxylic acids is 1. The van der Waals surface area contributed by atoms with Crippen LogP contribution in [-0.4, -0.2) is 66.1 Å². The van der Waals surface area contributed by atoms with Gasteiger partial charge in [0.05, 0.1) is 12.1 Å². The first-order valence-corrected chi connectivity index (χ1v) is 9.89. The van der Waals surface area contributed by atoms with Crippen LogP contribution in [0.15, 0.2) is 60.8 Å². The van der Waals surface area contributed by atoms with Crippen LogP contribution >= 0.6 is 0 Å². The number of carbonyl (C=O) groups is 2. The highest BCUT2D eigenvalue weighted by atomic mass is 16.5. The number of pyridine rings is 1. The normalized spacial score (nSPS) is 14.6. The van der Waals surface area contributed by atoms with Crippen LogP contribution in [0.1, 0.15) is 10.4 Å². The van der Waals surface area contributed by atoms with Crippen molar-refractivity contribution in [1.82, 2.24) is 9.88 Å². The molecule has 0 saturated carbocycles. The zero-order valence-electron chi connectivity index (χ0n) is 16.5. The summed E-state index contributed by atoms with van der Waals surface area (Å²) in [6.45, 7) is 3.28. The molecule has 0 radical (unpaired) electrons. The number of piperazine rings is 1. The van der Waals surface area contributed by atoms with Gasteiger partial charge in [-0.25, -0.2) is 4.79 Å². The molecule has 1 aliphatic heterocycles. The Morgan fingerprint density at radius 1 is 0.967 bits per heavy atom. The predicted octanol–water partition coefficient (Wildman–Crippen LogP) is 2.70. The lowest BCUT2D eigenvalue weighted by Crippen LogP contribution is -2.48. The van der Waals surface area contributed by atoms with Gasteiger partial charge in [-0.3, -0.25) is 14.7 Å². The topological polar surface area (TPSA) is 83.0 Å². The largest absolute Gasteiger partial charge is 0.482 e. The Morgan fingerprint density at radius 2 is 1.70 bits per heavy atom. The molecule has 7 nitrogen and oxygen atoms in total. The number of fused-ring (bicyclic) bond motifs is 1. The highest BCUT2D eigenvalue weighted by Gasteiger charge is 2.21. The van der Waals surface area contributed by atoms with Crippen molar-refractivity contribution in [2.45, 2.75) is 0 Å². The molecule has 30 heavy (non-hydrogen) atoms. The van der Waals surface area contributed by atoms with Gasteiger partial charge in [0, 0.05) is 49.0 Å². The SMILES string of the molecule is O=C(O)COc1ccc(C(=O)CN2CCN(c3ccnc4ccccc34)CC2)cc1. The summed E-state index contributed by atoms with van der Waals surface area (Å²) in [6.07, 6.45) is 1.84. The average molecular weight is 405 g/mol. The molecule has 1 N–H and O–H groups in total. The van der Waals surface area contributed by atoms with Crippen LogP contribution in [0.4, 0.5) is 5.69 Å². The fourth-order valence-corrected chi connectivity index (χ4v) is 3.68. The van der Waals surface area contributed by atoms with Crippen molar-refractivity contribution in [2.75, 3.05) is 44.2 Å². The number of hydrogen-bond donors (Lipinski definition) is 1. The van der Waals surface area contributed by atoms with Crippen molar-refractivity contribution in [3.63, 3.8) is 0 Å². The molecule has 0 atom stereocenters. The monoisotopic (exact) mass is 405 g/mol. The Hall–Kier alpha value is -3.45. The highest BCUT2D eigenvalue weighted by Crippen LogP contribution is 2.26. The Morgan fingerprint density at radius 3 is 2.43 bits per heavy atom. The number of ether oxygens (including phenoxy) is 1. The highest BCUT2D eigenvalue weighted by molar-refractivity contribution is 5.97. The first-order valence-electron chi connectivity index (χ1n) is 9.89. The van der Waals surface area contributed by atoms with Gasteiger partial charge < -0.3 is 14.7 Å². The van der Waals surface area contributed by atoms with Gasteiger partial charge in [0.25, 0.3) is 0 Å². The van der Waals surface area contributed by atoms with Crippen LogP contribution in [0.2, 0.25) is 0 Å². The van der Waals surface area contributed by atoms with Gasteiger partial charge in [0.1, 0.15) is 5.75 Å². The summed E-state index contributed by atoms with van der Waals surface area (Å²) in [6, 6.07) is 16.8. The second-order valence-electron chi connectivity index (χ2n) is 7.24. The van der Waals surface area contributed by atoms with Crippen molar-refractivity contribution in [3.8, 4) is 5.75 Å². The molecule has 4 rings (SSSR count). The van der Waals surface area contributed by atoms with Crippen LogP contribution in [0, 0.1) is 0 Å². The molecule has 7 heteroatoms. The minimum atomic E-state index is -1.03. The fourth-order valence-electron chi connectivity index (χ4n) is 3.68. The molecule has 1 fully saturated rings. The number of ketones is 1. The number of benzene rings is 2. The maximum absolute atomic E-state index is 12.6. The van der Waals surface area contributed by atoms with Gasteiger partial charge >= 0.3 is 5.97 Å². The summed E-state index contributed by atoms with van der Waals surface area (Å²) in [4.78, 5) is 32.1. The van der Waals surface area contributed by atoms with E-state index in [0.29, 0.717) is 17.9 Å². The number of nitrogens with zero attached hydrogens (tertiary/aromatic N) is 3. The van der Waals surface area contributed by atoms with Gasteiger partial charge in [0.15, 0.2) is 12.4 Å². The second kappa shape index (κ2) is 8.92. The third-order valence-electron chi connectivity index (χ3n) is 5.24. The fraction of sp³-hybridized carbons (Fsp3) is 0.261. The number of aliphatic carboxylic acids is 1. The maximum Gasteiger partial charge on any atom is 0.341 e. The van der Waals surface area contributed by atoms with E-state index in [4.69, 9.17) is 9.84 Å². The third-order valence-corrected chi connectivity index (χ3v) is 5.24. The summed E-state index contributed by atoms with van der Waals surface area (Å²) in [5.74, 6) is -0.552. The number of carboxylic acid groups (broad SMARTS) is 1. The number of para-hydroxylation sites is 1. The summed E-state index contributed by atoms with van der Waals surface area (Å²) in [5, 5.41) is 9.80. The minimum Gasteiger partial charge on any atom is -0.482 e. The zero-order valence-corrected chi connectivity index (χ0v) is 16.5. The van der Waals surface area contributed by atoms with Gasteiger partial charge in [-0.15, -0.1) is 0 Å². The van der Waals surface area contributed by atoms with Crippen LogP contribution in [0.5, 0.6) is 5.75 Å². The number of rotatable bonds is 7. The minimum absolute atomic E-state index is 0.0441. The molecular weight excluding hydrogens is 382 g/mol. The Kier molecular flexibility index (Phi) is 5.90. The summed E-state index contributed by atoms with van der Waals surface area (Å²) < 4.78 is 5.11. The van der Waals surface area contributed by atoms with Gasteiger partial charge in [0.2, 0.25) is 0 Å². The summed E-state index contributed by atoms with van der Waals surface area (Å²) in [7, 11) is 0. The molecule has 0 aliphatic carbocycles. The van der Waals surface area contributed by atoms with Crippen molar-refractivity contribution < 1.29 is 19.4 Å². The average Bonchev–Trinajstić information content (AvgIpc) is 2.78. The smallest absolute Gasteiger partial charge is 0.341 e. The van der Waals surface area contributed by atoms with Crippen LogP contribution in [0.25, 0.3) is 10.9 Å². The lowest BCUT2D eigenvalue weighted by molar-refractivity contribution is -0.139. The number of Topliss-reactive ketones (excluding diaryl/α,β-unsaturated/α-hetero) is 1. The van der Waals surface area contributed by atoms with E-state index < -0.39 is 12.6 Å². The Labute approximate surface area is 174 Å². The van der Waals surface area contributed by atoms with E-state index in [2.05, 4.69) is 26.9 Å². The predicted molar refractivity (Wildman–Crippen MR) is 114 cm³/mol. The van der Waals surface area contributed by atoms with E-state index in [1.165, 1.54) is 5.69 Å². The molecule has 0 bridgehead atoms. The third kappa shape index (κ3) is 4.58. The first kappa shape index (κ1) is 19.8. The van der Waals surface area contributed by atoms with Crippen molar-refractivity contribution in [1.29, 1.82) is 0 Å². The van der Waals surface area contributed by atoms with E-state index in [9.17, 15) is 9.59 Å². The maximum atomic E-state index is 12.6. The molecule has 1 aliphatic rings. The second-order valence-corrected chi connectivity index (χ2v) is 7.24. The molecule has 1 saturated heterocycles. The van der Waals surface area contributed by atoms with Crippen molar-refractivity contribution in [3.05, 3.63) is 66.4 Å². The van der Waals surface area contributed by atoms with E-state index in [1.54, 1.807) is 24.3 Å². The van der Waals surface area contributed by atoms with Crippen LogP contribution in [-0.2, 0) is 4.79 Å². The zero-order chi connectivity index (χ0) is 20.9. The molecule has 0 amide bonds. The molecule has 3 aromatic rings. The van der Waals surface area contributed by atoms with Crippen LogP contribution < -0.4 is 9.64 Å². The standard InChI is InChI=1S/C23H23N3O4/c27-22(17-5-7-18(8-6-17)30-16-23(28)29)15-25-11-13-26(14-12-25)21-9-10-24-20-4-2-1-3-19(20)21/h1-10H,11-16H2,(H,28,29). The molecule has 0 spiro atoms. The lowest BCUT2D eigenvalue weighted by atomic mass is 10.1. The molecule has 0 unspecified atom stereocenters. The van der Waals surface area contributed by atoms with Gasteiger partial charge in [-0.2, -0.15) is 0 Å². The van der Waals surface area contributed by atoms with Crippen molar-refractivity contribution in [2.24, 2.45) is 0 Å². The number of aromatic nitrogens is 1. The number of hydrogen-bond acceptors (Lipinski definition) is 6. The number of anilines is 1. The molecule has 2 heterocycles. The molecule has 1 aromatic heterocycles. The van der Waals surface area contributed by atoms with E-state index in [-0.39, 0.29) is 5.78 Å². The molecular formula is C23H23N3O4. The van der Waals surface area contributed by atoms with E-state index in [1.807, 2.05) is 24.4 Å². The number of carboxylic acids is 1. The first-order chi connectivity index (χ1) is 14.6. The van der Waals surface area contributed by atoms with E-state index >= 15 is 0 Å². The Balaban J connectivity index is 1.33. The lowest BCUT2D eigenvalue weighted by Gasteiger charge is -2.36. The summed E-state index contributed by atoms with van der Waals surface area (Å²) >= 11 is 0. The van der Waals surface area contributed by atoms with Gasteiger partial charge in [-0.1, -0.05) is 18.2 Å². The summed E-state index contributed by atoms with van der Waals surface area (Å²) in [5.41, 5.74) is 2.77. The van der Waals surface area contributed by atoms with Crippen LogP contribution in [0.3, 0.4) is 0 Å². The molecule has 2 aromatic carbocycles. The van der Waals surface area contributed by atoms with Crippen molar-refractivity contribution >= 4 is 28.3 Å². The quantitative estimate of drug-likeness (QED) is 0.605.